The summed E-state index contributed by atoms with van der Waals surface area (Å²) in [5.41, 5.74) is 0.807. The van der Waals surface area contributed by atoms with Crippen molar-refractivity contribution < 1.29 is 27.3 Å². The number of halogens is 1. The fourth-order valence-corrected chi connectivity index (χ4v) is 6.22. The zero-order chi connectivity index (χ0) is 33.3. The van der Waals surface area contributed by atoms with Gasteiger partial charge in [0.1, 0.15) is 18.4 Å². The minimum Gasteiger partial charge on any atom is -0.352 e. The first-order valence-corrected chi connectivity index (χ1v) is 16.1. The van der Waals surface area contributed by atoms with E-state index in [-0.39, 0.29) is 35.3 Å². The van der Waals surface area contributed by atoms with Gasteiger partial charge in [0.2, 0.25) is 11.8 Å². The summed E-state index contributed by atoms with van der Waals surface area (Å²) in [4.78, 5) is 40.3. The Kier molecular flexibility index (Phi) is 11.2. The van der Waals surface area contributed by atoms with Gasteiger partial charge in [0.25, 0.3) is 15.7 Å². The highest BCUT2D eigenvalue weighted by Gasteiger charge is 2.35. The van der Waals surface area contributed by atoms with Crippen LogP contribution < -0.4 is 9.62 Å². The number of benzene rings is 4. The predicted octanol–water partition coefficient (Wildman–Crippen LogP) is 5.48. The van der Waals surface area contributed by atoms with Crippen molar-refractivity contribution in [3.8, 4) is 0 Å². The summed E-state index contributed by atoms with van der Waals surface area (Å²) >= 11 is 0. The molecule has 0 bridgehead atoms. The number of carbonyl (C=O) groups excluding carboxylic acids is 2. The number of nitrogens with zero attached hydrogens (tertiary/aromatic N) is 3. The van der Waals surface area contributed by atoms with Crippen LogP contribution in [-0.2, 0) is 32.6 Å². The lowest BCUT2D eigenvalue weighted by molar-refractivity contribution is -0.384. The second-order valence-electron chi connectivity index (χ2n) is 10.8. The zero-order valence-electron chi connectivity index (χ0n) is 25.5. The Bertz CT molecular complexity index is 1760. The maximum Gasteiger partial charge on any atom is 0.271 e. The lowest BCUT2D eigenvalue weighted by Crippen LogP contribution is -2.54. The number of non-ortho nitro benzene ring substituents is 1. The molecule has 4 aromatic rings. The number of carbonyl (C=O) groups is 2. The lowest BCUT2D eigenvalue weighted by Gasteiger charge is -2.34. The van der Waals surface area contributed by atoms with Crippen LogP contribution in [0.5, 0.6) is 0 Å². The molecule has 1 N–H and O–H groups in total. The molecule has 2 atom stereocenters. The molecule has 4 aromatic carbocycles. The molecular formula is C34H35FN4O6S. The van der Waals surface area contributed by atoms with Gasteiger partial charge in [-0.15, -0.1) is 0 Å². The van der Waals surface area contributed by atoms with Crippen LogP contribution in [0.3, 0.4) is 0 Å². The fourth-order valence-electron chi connectivity index (χ4n) is 4.79. The molecule has 0 aromatic heterocycles. The Hall–Kier alpha value is -5.10. The summed E-state index contributed by atoms with van der Waals surface area (Å²) in [5, 5.41) is 14.5. The van der Waals surface area contributed by atoms with E-state index in [4.69, 9.17) is 0 Å². The first-order chi connectivity index (χ1) is 22.0. The fraction of sp³-hybridized carbons (Fsp3) is 0.235. The highest BCUT2D eigenvalue weighted by Crippen LogP contribution is 2.28. The molecule has 10 nitrogen and oxygen atoms in total. The molecule has 2 amide bonds. The quantitative estimate of drug-likeness (QED) is 0.143. The minimum absolute atomic E-state index is 0.100. The van der Waals surface area contributed by atoms with Gasteiger partial charge in [-0.2, -0.15) is 0 Å². The van der Waals surface area contributed by atoms with E-state index in [1.54, 1.807) is 6.07 Å². The van der Waals surface area contributed by atoms with E-state index in [1.807, 2.05) is 44.2 Å². The second-order valence-corrected chi connectivity index (χ2v) is 12.6. The summed E-state index contributed by atoms with van der Waals surface area (Å²) in [6.07, 6.45) is 0.740. The minimum atomic E-state index is -4.42. The third-order valence-corrected chi connectivity index (χ3v) is 9.26. The molecule has 0 radical (unpaired) electrons. The van der Waals surface area contributed by atoms with Crippen molar-refractivity contribution in [3.05, 3.63) is 136 Å². The van der Waals surface area contributed by atoms with Crippen LogP contribution in [0.2, 0.25) is 0 Å². The highest BCUT2D eigenvalue weighted by molar-refractivity contribution is 7.92. The molecule has 12 heteroatoms. The number of nitro benzene ring substituents is 1. The first kappa shape index (κ1) is 33.8. The summed E-state index contributed by atoms with van der Waals surface area (Å²) in [6, 6.07) is 25.6. The Morgan fingerprint density at radius 2 is 1.52 bits per heavy atom. The molecule has 0 aliphatic carbocycles. The summed E-state index contributed by atoms with van der Waals surface area (Å²) in [6.45, 7) is 2.82. The molecule has 46 heavy (non-hydrogen) atoms. The van der Waals surface area contributed by atoms with Crippen LogP contribution in [-0.4, -0.2) is 48.7 Å². The van der Waals surface area contributed by atoms with Crippen LogP contribution in [0.25, 0.3) is 0 Å². The Morgan fingerprint density at radius 1 is 0.891 bits per heavy atom. The zero-order valence-corrected chi connectivity index (χ0v) is 26.3. The van der Waals surface area contributed by atoms with Crippen molar-refractivity contribution in [2.24, 2.45) is 0 Å². The molecule has 0 heterocycles. The molecule has 0 saturated carbocycles. The number of anilines is 1. The van der Waals surface area contributed by atoms with Crippen molar-refractivity contribution in [2.75, 3.05) is 10.8 Å². The Labute approximate surface area is 267 Å². The molecule has 4 rings (SSSR count). The number of hydrogen-bond acceptors (Lipinski definition) is 6. The number of hydrogen-bond donors (Lipinski definition) is 1. The maximum absolute atomic E-state index is 14.4. The molecular weight excluding hydrogens is 611 g/mol. The number of rotatable bonds is 14. The third-order valence-electron chi connectivity index (χ3n) is 7.48. The van der Waals surface area contributed by atoms with E-state index >= 15 is 0 Å². The lowest BCUT2D eigenvalue weighted by atomic mass is 10.0. The van der Waals surface area contributed by atoms with Gasteiger partial charge >= 0.3 is 0 Å². The first-order valence-electron chi connectivity index (χ1n) is 14.7. The monoisotopic (exact) mass is 646 g/mol. The summed E-state index contributed by atoms with van der Waals surface area (Å²) in [7, 11) is -4.42. The van der Waals surface area contributed by atoms with Gasteiger partial charge in [0.15, 0.2) is 0 Å². The number of nitro groups is 1. The van der Waals surface area contributed by atoms with E-state index in [0.29, 0.717) is 12.0 Å². The van der Waals surface area contributed by atoms with Crippen molar-refractivity contribution in [1.29, 1.82) is 0 Å². The molecule has 240 valence electrons. The molecule has 0 saturated heterocycles. The largest absolute Gasteiger partial charge is 0.352 e. The topological polar surface area (TPSA) is 130 Å². The third kappa shape index (κ3) is 8.54. The summed E-state index contributed by atoms with van der Waals surface area (Å²) in [5.74, 6) is -1.67. The van der Waals surface area contributed by atoms with Crippen LogP contribution in [0.15, 0.2) is 114 Å². The van der Waals surface area contributed by atoms with Gasteiger partial charge in [-0.05, 0) is 54.8 Å². The van der Waals surface area contributed by atoms with Crippen molar-refractivity contribution in [2.45, 2.75) is 50.2 Å². The normalized spacial score (nSPS) is 12.5. The highest BCUT2D eigenvalue weighted by atomic mass is 32.2. The average molecular weight is 647 g/mol. The maximum atomic E-state index is 14.4. The van der Waals surface area contributed by atoms with Gasteiger partial charge in [0, 0.05) is 31.1 Å². The molecule has 0 spiro atoms. The van der Waals surface area contributed by atoms with Crippen molar-refractivity contribution in [1.82, 2.24) is 10.2 Å². The number of nitrogens with one attached hydrogen (secondary N) is 1. The van der Waals surface area contributed by atoms with Gasteiger partial charge in [-0.3, -0.25) is 24.0 Å². The van der Waals surface area contributed by atoms with E-state index < -0.39 is 45.2 Å². The van der Waals surface area contributed by atoms with Gasteiger partial charge in [-0.25, -0.2) is 12.8 Å². The Balaban J connectivity index is 1.83. The molecule has 0 fully saturated rings. The van der Waals surface area contributed by atoms with E-state index in [0.717, 1.165) is 15.9 Å². The van der Waals surface area contributed by atoms with Crippen molar-refractivity contribution >= 4 is 33.2 Å². The van der Waals surface area contributed by atoms with E-state index in [2.05, 4.69) is 5.32 Å². The molecule has 0 aliphatic rings. The van der Waals surface area contributed by atoms with Crippen LogP contribution >= 0.6 is 0 Å². The van der Waals surface area contributed by atoms with Gasteiger partial charge in [-0.1, -0.05) is 73.7 Å². The smallest absolute Gasteiger partial charge is 0.271 e. The SMILES string of the molecule is CCC(C)NC(=O)C(Cc1ccccc1)N(Cc1ccc(F)cc1)C(=O)CN(c1cccc([N+](=O)[O-])c1)S(=O)(=O)c1ccccc1. The van der Waals surface area contributed by atoms with E-state index in [1.165, 1.54) is 71.6 Å². The predicted molar refractivity (Wildman–Crippen MR) is 173 cm³/mol. The van der Waals surface area contributed by atoms with Crippen molar-refractivity contribution in [3.63, 3.8) is 0 Å². The van der Waals surface area contributed by atoms with Crippen LogP contribution in [0.4, 0.5) is 15.8 Å². The molecule has 2 unspecified atom stereocenters. The molecule has 0 aliphatic heterocycles. The van der Waals surface area contributed by atoms with Crippen LogP contribution in [0.1, 0.15) is 31.4 Å². The number of amides is 2. The second kappa shape index (κ2) is 15.3. The summed E-state index contributed by atoms with van der Waals surface area (Å²) < 4.78 is 42.6. The van der Waals surface area contributed by atoms with Gasteiger partial charge < -0.3 is 10.2 Å². The van der Waals surface area contributed by atoms with E-state index in [9.17, 15) is 32.5 Å². The van der Waals surface area contributed by atoms with Gasteiger partial charge in [0.05, 0.1) is 15.5 Å². The standard InChI is InChI=1S/C34H35FN4O6S/c1-3-25(2)36-34(41)32(21-26-11-6-4-7-12-26)37(23-27-17-19-28(35)20-18-27)33(40)24-38(29-13-10-14-30(22-29)39(42)43)46(44,45)31-15-8-5-9-16-31/h4-20,22,25,32H,3,21,23-24H2,1-2H3,(H,36,41). The average Bonchev–Trinajstić information content (AvgIpc) is 3.06. The number of sulfonamides is 1. The van der Waals surface area contributed by atoms with Crippen LogP contribution in [0, 0.1) is 15.9 Å². The Morgan fingerprint density at radius 3 is 2.13 bits per heavy atom.